The third-order valence-electron chi connectivity index (χ3n) is 6.82. The number of carboxylic acid groups (broad SMARTS) is 1. The summed E-state index contributed by atoms with van der Waals surface area (Å²) < 4.78 is 0. The molecule has 1 aliphatic rings. The quantitative estimate of drug-likeness (QED) is 0.187. The predicted octanol–water partition coefficient (Wildman–Crippen LogP) is 0.102. The van der Waals surface area contributed by atoms with Crippen LogP contribution < -0.4 is 22.1 Å². The van der Waals surface area contributed by atoms with E-state index < -0.39 is 53.8 Å². The molecule has 1 aromatic heterocycles. The van der Waals surface area contributed by atoms with Gasteiger partial charge < -0.3 is 37.1 Å². The van der Waals surface area contributed by atoms with Crippen LogP contribution in [0.2, 0.25) is 0 Å². The Labute approximate surface area is 230 Å². The van der Waals surface area contributed by atoms with Crippen LogP contribution in [0.4, 0.5) is 0 Å². The van der Waals surface area contributed by atoms with Crippen molar-refractivity contribution in [2.75, 3.05) is 18.6 Å². The number of thioether (sulfide) groups is 1. The molecule has 39 heavy (non-hydrogen) atoms. The molecule has 1 fully saturated rings. The minimum atomic E-state index is -1.20. The normalized spacial score (nSPS) is 17.4. The summed E-state index contributed by atoms with van der Waals surface area (Å²) >= 11 is 1.55. The van der Waals surface area contributed by atoms with Crippen molar-refractivity contribution >= 4 is 52.3 Å². The average molecular weight is 561 g/mol. The molecule has 0 bridgehead atoms. The Balaban J connectivity index is 1.85. The summed E-state index contributed by atoms with van der Waals surface area (Å²) in [5.74, 6) is -2.90. The number of fused-ring (bicyclic) bond motifs is 1. The number of nitrogens with zero attached hydrogens (tertiary/aromatic N) is 1. The Hall–Kier alpha value is -3.58. The molecule has 2 aromatic rings. The fourth-order valence-electron chi connectivity index (χ4n) is 4.69. The Bertz CT molecular complexity index is 1200. The number of benzene rings is 1. The number of aromatic nitrogens is 1. The van der Waals surface area contributed by atoms with Gasteiger partial charge in [0.15, 0.2) is 0 Å². The largest absolute Gasteiger partial charge is 0.480 e. The molecule has 2 heterocycles. The summed E-state index contributed by atoms with van der Waals surface area (Å²) in [6, 6.07) is 3.38. The molecule has 3 rings (SSSR count). The first-order chi connectivity index (χ1) is 18.6. The molecule has 212 valence electrons. The smallest absolute Gasteiger partial charge is 0.326 e. The minimum absolute atomic E-state index is 0.106. The van der Waals surface area contributed by atoms with E-state index in [-0.39, 0.29) is 25.8 Å². The first-order valence-electron chi connectivity index (χ1n) is 12.8. The third kappa shape index (κ3) is 7.96. The lowest BCUT2D eigenvalue weighted by Gasteiger charge is -2.29. The van der Waals surface area contributed by atoms with Crippen LogP contribution in [-0.4, -0.2) is 87.3 Å². The molecule has 13 heteroatoms. The highest BCUT2D eigenvalue weighted by molar-refractivity contribution is 7.98. The second-order valence-electron chi connectivity index (χ2n) is 9.61. The molecule has 0 aliphatic carbocycles. The first kappa shape index (κ1) is 30.0. The van der Waals surface area contributed by atoms with Crippen LogP contribution in [0.25, 0.3) is 10.9 Å². The number of para-hydroxylation sites is 1. The maximum atomic E-state index is 13.6. The molecular formula is C26H36N6O6S. The zero-order valence-corrected chi connectivity index (χ0v) is 22.7. The number of aromatic amines is 1. The zero-order chi connectivity index (χ0) is 28.5. The van der Waals surface area contributed by atoms with E-state index in [1.165, 1.54) is 4.90 Å². The van der Waals surface area contributed by atoms with Gasteiger partial charge in [0.1, 0.15) is 18.1 Å². The minimum Gasteiger partial charge on any atom is -0.480 e. The number of aliphatic carboxylic acids is 1. The van der Waals surface area contributed by atoms with Crippen molar-refractivity contribution in [1.29, 1.82) is 0 Å². The standard InChI is InChI=1S/C26H36N6O6S/c1-39-12-10-17(27)23(34)31-20(13-15-14-29-18-6-3-2-5-16(15)18)24(35)30-19(8-9-22(28)33)25(36)32-11-4-7-21(32)26(37)38/h2-3,5-6,14,17,19-21,29H,4,7-13,27H2,1H3,(H2,28,33)(H,30,35)(H,31,34)(H,37,38). The van der Waals surface area contributed by atoms with Crippen molar-refractivity contribution in [1.82, 2.24) is 20.5 Å². The van der Waals surface area contributed by atoms with Crippen LogP contribution in [0.3, 0.4) is 0 Å². The second kappa shape index (κ2) is 14.0. The zero-order valence-electron chi connectivity index (χ0n) is 21.9. The van der Waals surface area contributed by atoms with Crippen LogP contribution in [0.15, 0.2) is 30.5 Å². The van der Waals surface area contributed by atoms with E-state index in [1.54, 1.807) is 18.0 Å². The number of rotatable bonds is 14. The molecular weight excluding hydrogens is 524 g/mol. The number of nitrogens with one attached hydrogen (secondary N) is 3. The second-order valence-corrected chi connectivity index (χ2v) is 10.6. The summed E-state index contributed by atoms with van der Waals surface area (Å²) in [6.07, 6.45) is 4.68. The van der Waals surface area contributed by atoms with E-state index >= 15 is 0 Å². The molecule has 0 saturated carbocycles. The number of carbonyl (C=O) groups is 5. The van der Waals surface area contributed by atoms with Crippen LogP contribution >= 0.6 is 11.8 Å². The van der Waals surface area contributed by atoms with Crippen molar-refractivity contribution in [3.8, 4) is 0 Å². The number of likely N-dealkylation sites (tertiary alicyclic amines) is 1. The number of carboxylic acids is 1. The van der Waals surface area contributed by atoms with E-state index in [0.717, 1.165) is 16.5 Å². The number of amides is 4. The van der Waals surface area contributed by atoms with Gasteiger partial charge in [-0.25, -0.2) is 4.79 Å². The van der Waals surface area contributed by atoms with Crippen LogP contribution in [-0.2, 0) is 30.4 Å². The monoisotopic (exact) mass is 560 g/mol. The van der Waals surface area contributed by atoms with Crippen LogP contribution in [0.5, 0.6) is 0 Å². The number of hydrogen-bond donors (Lipinski definition) is 6. The van der Waals surface area contributed by atoms with E-state index in [1.807, 2.05) is 30.5 Å². The third-order valence-corrected chi connectivity index (χ3v) is 7.46. The Morgan fingerprint density at radius 3 is 2.54 bits per heavy atom. The fraction of sp³-hybridized carbons (Fsp3) is 0.500. The van der Waals surface area contributed by atoms with E-state index in [9.17, 15) is 29.1 Å². The number of carbonyl (C=O) groups excluding carboxylic acids is 4. The molecule has 1 saturated heterocycles. The predicted molar refractivity (Wildman–Crippen MR) is 148 cm³/mol. The van der Waals surface area contributed by atoms with Gasteiger partial charge in [-0.2, -0.15) is 11.8 Å². The summed E-state index contributed by atoms with van der Waals surface area (Å²) in [5, 5.41) is 15.8. The van der Waals surface area contributed by atoms with Crippen molar-refractivity contribution in [2.24, 2.45) is 11.5 Å². The summed E-state index contributed by atoms with van der Waals surface area (Å²) in [4.78, 5) is 67.3. The summed E-state index contributed by atoms with van der Waals surface area (Å²) in [7, 11) is 0. The van der Waals surface area contributed by atoms with Crippen LogP contribution in [0.1, 0.15) is 37.7 Å². The number of hydrogen-bond acceptors (Lipinski definition) is 7. The van der Waals surface area contributed by atoms with E-state index in [4.69, 9.17) is 11.5 Å². The number of primary amides is 1. The van der Waals surface area contributed by atoms with Gasteiger partial charge in [0.25, 0.3) is 0 Å². The van der Waals surface area contributed by atoms with E-state index in [0.29, 0.717) is 25.0 Å². The van der Waals surface area contributed by atoms with Crippen molar-refractivity contribution in [2.45, 2.75) is 62.7 Å². The van der Waals surface area contributed by atoms with Gasteiger partial charge in [-0.1, -0.05) is 18.2 Å². The van der Waals surface area contributed by atoms with Crippen molar-refractivity contribution in [3.05, 3.63) is 36.0 Å². The lowest BCUT2D eigenvalue weighted by Crippen LogP contribution is -2.57. The Morgan fingerprint density at radius 1 is 1.13 bits per heavy atom. The highest BCUT2D eigenvalue weighted by Gasteiger charge is 2.38. The van der Waals surface area contributed by atoms with Gasteiger partial charge in [-0.3, -0.25) is 19.2 Å². The first-order valence-corrected chi connectivity index (χ1v) is 14.2. The molecule has 0 spiro atoms. The maximum Gasteiger partial charge on any atom is 0.326 e. The van der Waals surface area contributed by atoms with Gasteiger partial charge in [-0.15, -0.1) is 0 Å². The van der Waals surface area contributed by atoms with E-state index in [2.05, 4.69) is 15.6 Å². The molecule has 4 amide bonds. The number of H-pyrrole nitrogens is 1. The summed E-state index contributed by atoms with van der Waals surface area (Å²) in [6.45, 7) is 0.221. The topological polar surface area (TPSA) is 201 Å². The maximum absolute atomic E-state index is 13.6. The SMILES string of the molecule is CSCCC(N)C(=O)NC(Cc1c[nH]c2ccccc12)C(=O)NC(CCC(N)=O)C(=O)N1CCCC1C(=O)O. The molecule has 0 radical (unpaired) electrons. The average Bonchev–Trinajstić information content (AvgIpc) is 3.56. The van der Waals surface area contributed by atoms with Crippen molar-refractivity contribution in [3.63, 3.8) is 0 Å². The van der Waals surface area contributed by atoms with Crippen LogP contribution in [0, 0.1) is 0 Å². The van der Waals surface area contributed by atoms with Gasteiger partial charge >= 0.3 is 5.97 Å². The molecule has 1 aromatic carbocycles. The Morgan fingerprint density at radius 2 is 1.85 bits per heavy atom. The van der Waals surface area contributed by atoms with Gasteiger partial charge in [-0.05, 0) is 49.3 Å². The van der Waals surface area contributed by atoms with Gasteiger partial charge in [0, 0.05) is 36.5 Å². The molecule has 8 N–H and O–H groups in total. The highest BCUT2D eigenvalue weighted by atomic mass is 32.2. The van der Waals surface area contributed by atoms with Gasteiger partial charge in [0.05, 0.1) is 6.04 Å². The highest BCUT2D eigenvalue weighted by Crippen LogP contribution is 2.21. The molecule has 4 unspecified atom stereocenters. The lowest BCUT2D eigenvalue weighted by atomic mass is 10.0. The summed E-state index contributed by atoms with van der Waals surface area (Å²) in [5.41, 5.74) is 13.0. The Kier molecular flexibility index (Phi) is 10.8. The molecule has 4 atom stereocenters. The molecule has 12 nitrogen and oxygen atoms in total. The van der Waals surface area contributed by atoms with Crippen molar-refractivity contribution < 1.29 is 29.1 Å². The molecule has 1 aliphatic heterocycles. The van der Waals surface area contributed by atoms with Gasteiger partial charge in [0.2, 0.25) is 23.6 Å². The fourth-order valence-corrected chi connectivity index (χ4v) is 5.18. The lowest BCUT2D eigenvalue weighted by molar-refractivity contribution is -0.149. The number of nitrogens with two attached hydrogens (primary N) is 2.